The number of para-hydroxylation sites is 1. The molecular weight excluding hydrogens is 258 g/mol. The highest BCUT2D eigenvalue weighted by Gasteiger charge is 2.20. The smallest absolute Gasteiger partial charge is 0.0881 e. The average molecular weight is 277 g/mol. The van der Waals surface area contributed by atoms with Crippen LogP contribution in [0.25, 0.3) is 10.9 Å². The van der Waals surface area contributed by atoms with Gasteiger partial charge in [0.25, 0.3) is 0 Å². The number of fused-ring (bicyclic) bond motifs is 1. The van der Waals surface area contributed by atoms with Crippen molar-refractivity contribution in [2.45, 2.75) is 12.5 Å². The van der Waals surface area contributed by atoms with E-state index in [9.17, 15) is 5.11 Å². The second kappa shape index (κ2) is 5.67. The van der Waals surface area contributed by atoms with Gasteiger partial charge in [-0.2, -0.15) is 11.8 Å². The molecule has 4 nitrogen and oxygen atoms in total. The molecule has 1 atom stereocenters. The van der Waals surface area contributed by atoms with Gasteiger partial charge in [-0.15, -0.1) is 0 Å². The Bertz CT molecular complexity index is 572. The Kier molecular flexibility index (Phi) is 4.17. The molecule has 0 spiro atoms. The number of anilines is 2. The van der Waals surface area contributed by atoms with Gasteiger partial charge in [-0.3, -0.25) is 4.98 Å². The van der Waals surface area contributed by atoms with E-state index in [1.165, 1.54) is 0 Å². The molecule has 1 heterocycles. The average Bonchev–Trinajstić information content (AvgIpc) is 2.37. The molecule has 2 aromatic rings. The predicted molar refractivity (Wildman–Crippen MR) is 83.7 cm³/mol. The molecule has 0 aliphatic heterocycles. The van der Waals surface area contributed by atoms with Gasteiger partial charge in [0.05, 0.1) is 28.7 Å². The number of nitrogens with one attached hydrogen (secondary N) is 1. The Morgan fingerprint density at radius 1 is 1.42 bits per heavy atom. The van der Waals surface area contributed by atoms with Crippen molar-refractivity contribution in [1.82, 2.24) is 4.98 Å². The molecule has 2 rings (SSSR count). The second-order valence-electron chi connectivity index (χ2n) is 4.89. The molecule has 1 unspecified atom stereocenters. The Morgan fingerprint density at radius 3 is 2.89 bits per heavy atom. The van der Waals surface area contributed by atoms with E-state index in [1.54, 1.807) is 18.0 Å². The summed E-state index contributed by atoms with van der Waals surface area (Å²) >= 11 is 1.62. The number of aromatic nitrogens is 1. The normalized spacial score (nSPS) is 14.3. The topological polar surface area (TPSA) is 71.2 Å². The summed E-state index contributed by atoms with van der Waals surface area (Å²) in [6.07, 6.45) is 3.62. The lowest BCUT2D eigenvalue weighted by atomic mass is 10.1. The summed E-state index contributed by atoms with van der Waals surface area (Å²) in [6, 6.07) is 7.82. The van der Waals surface area contributed by atoms with Gasteiger partial charge in [0.1, 0.15) is 0 Å². The molecular formula is C14H19N3OS. The van der Waals surface area contributed by atoms with Crippen LogP contribution < -0.4 is 11.1 Å². The van der Waals surface area contributed by atoms with E-state index < -0.39 is 5.60 Å². The van der Waals surface area contributed by atoms with Crippen LogP contribution in [0.1, 0.15) is 6.92 Å². The maximum atomic E-state index is 10.2. The Labute approximate surface area is 117 Å². The molecule has 0 aliphatic carbocycles. The van der Waals surface area contributed by atoms with Gasteiger partial charge < -0.3 is 16.2 Å². The van der Waals surface area contributed by atoms with Gasteiger partial charge in [0, 0.05) is 17.7 Å². The zero-order valence-corrected chi connectivity index (χ0v) is 12.0. The first kappa shape index (κ1) is 14.0. The first-order valence-corrected chi connectivity index (χ1v) is 7.51. The molecule has 0 saturated carbocycles. The lowest BCUT2D eigenvalue weighted by Gasteiger charge is -2.24. The minimum Gasteiger partial charge on any atom is -0.396 e. The molecule has 0 aliphatic rings. The summed E-state index contributed by atoms with van der Waals surface area (Å²) in [6.45, 7) is 2.27. The summed E-state index contributed by atoms with van der Waals surface area (Å²) in [5.74, 6) is 0.670. The molecule has 0 radical (unpaired) electrons. The number of aliphatic hydroxyl groups is 1. The predicted octanol–water partition coefficient (Wildman–Crippen LogP) is 2.34. The largest absolute Gasteiger partial charge is 0.396 e. The van der Waals surface area contributed by atoms with Crippen molar-refractivity contribution in [1.29, 1.82) is 0 Å². The zero-order chi connectivity index (χ0) is 13.9. The molecule has 1 aromatic heterocycles. The van der Waals surface area contributed by atoms with Crippen LogP contribution >= 0.6 is 11.8 Å². The fourth-order valence-electron chi connectivity index (χ4n) is 1.99. The van der Waals surface area contributed by atoms with Crippen molar-refractivity contribution < 1.29 is 5.11 Å². The van der Waals surface area contributed by atoms with E-state index in [0.717, 1.165) is 16.6 Å². The number of thioether (sulfide) groups is 1. The van der Waals surface area contributed by atoms with E-state index in [-0.39, 0.29) is 0 Å². The van der Waals surface area contributed by atoms with E-state index in [1.807, 2.05) is 37.4 Å². The third-order valence-electron chi connectivity index (χ3n) is 2.91. The summed E-state index contributed by atoms with van der Waals surface area (Å²) in [7, 11) is 0. The Balaban J connectivity index is 2.27. The lowest BCUT2D eigenvalue weighted by molar-refractivity contribution is 0.0998. The van der Waals surface area contributed by atoms with Crippen molar-refractivity contribution >= 4 is 34.0 Å². The van der Waals surface area contributed by atoms with Crippen LogP contribution in [0.2, 0.25) is 0 Å². The van der Waals surface area contributed by atoms with Crippen LogP contribution in [0, 0.1) is 0 Å². The van der Waals surface area contributed by atoms with Gasteiger partial charge in [0.2, 0.25) is 0 Å². The van der Waals surface area contributed by atoms with Gasteiger partial charge in [-0.05, 0) is 19.2 Å². The Morgan fingerprint density at radius 2 is 2.16 bits per heavy atom. The number of rotatable bonds is 5. The lowest BCUT2D eigenvalue weighted by Crippen LogP contribution is -2.36. The zero-order valence-electron chi connectivity index (χ0n) is 11.2. The highest BCUT2D eigenvalue weighted by molar-refractivity contribution is 7.98. The van der Waals surface area contributed by atoms with Gasteiger partial charge in [-0.1, -0.05) is 18.2 Å². The highest BCUT2D eigenvalue weighted by Crippen LogP contribution is 2.28. The van der Waals surface area contributed by atoms with Gasteiger partial charge in [-0.25, -0.2) is 0 Å². The van der Waals surface area contributed by atoms with Crippen LogP contribution in [0.4, 0.5) is 11.4 Å². The number of nitrogens with two attached hydrogens (primary N) is 1. The van der Waals surface area contributed by atoms with Crippen LogP contribution in [-0.4, -0.2) is 34.2 Å². The van der Waals surface area contributed by atoms with Crippen LogP contribution in [0.15, 0.2) is 30.5 Å². The van der Waals surface area contributed by atoms with Crippen molar-refractivity contribution in [2.24, 2.45) is 0 Å². The molecule has 4 N–H and O–H groups in total. The van der Waals surface area contributed by atoms with Crippen LogP contribution in [0.5, 0.6) is 0 Å². The number of nitrogen functional groups attached to an aromatic ring is 1. The molecule has 0 bridgehead atoms. The summed E-state index contributed by atoms with van der Waals surface area (Å²) in [5.41, 5.74) is 7.54. The Hall–Kier alpha value is -1.46. The molecule has 102 valence electrons. The second-order valence-corrected chi connectivity index (χ2v) is 5.76. The number of hydrogen-bond acceptors (Lipinski definition) is 5. The first-order chi connectivity index (χ1) is 9.03. The van der Waals surface area contributed by atoms with Crippen LogP contribution in [-0.2, 0) is 0 Å². The van der Waals surface area contributed by atoms with Crippen molar-refractivity contribution in [2.75, 3.05) is 29.6 Å². The van der Waals surface area contributed by atoms with E-state index in [4.69, 9.17) is 5.73 Å². The summed E-state index contributed by atoms with van der Waals surface area (Å²) in [5, 5.41) is 14.4. The number of hydrogen-bond donors (Lipinski definition) is 3. The fourth-order valence-corrected chi connectivity index (χ4v) is 2.72. The standard InChI is InChI=1S/C14H19N3OS/c1-14(18,9-19-2)8-17-13-10-5-3-4-6-12(10)16-7-11(13)15/h3-7,18H,8-9,15H2,1-2H3,(H,16,17). The van der Waals surface area contributed by atoms with E-state index >= 15 is 0 Å². The quantitative estimate of drug-likeness (QED) is 0.782. The molecule has 0 fully saturated rings. The third-order valence-corrected chi connectivity index (χ3v) is 3.82. The number of benzene rings is 1. The van der Waals surface area contributed by atoms with Crippen LogP contribution in [0.3, 0.4) is 0 Å². The summed E-state index contributed by atoms with van der Waals surface area (Å²) < 4.78 is 0. The van der Waals surface area contributed by atoms with E-state index in [0.29, 0.717) is 18.0 Å². The molecule has 0 saturated heterocycles. The van der Waals surface area contributed by atoms with Crippen molar-refractivity contribution in [3.8, 4) is 0 Å². The highest BCUT2D eigenvalue weighted by atomic mass is 32.2. The minimum absolute atomic E-state index is 0.450. The fraction of sp³-hybridized carbons (Fsp3) is 0.357. The summed E-state index contributed by atoms with van der Waals surface area (Å²) in [4.78, 5) is 4.29. The first-order valence-electron chi connectivity index (χ1n) is 6.12. The van der Waals surface area contributed by atoms with Crippen molar-refractivity contribution in [3.05, 3.63) is 30.5 Å². The van der Waals surface area contributed by atoms with Gasteiger partial charge in [0.15, 0.2) is 0 Å². The molecule has 19 heavy (non-hydrogen) atoms. The molecule has 5 heteroatoms. The van der Waals surface area contributed by atoms with Crippen molar-refractivity contribution in [3.63, 3.8) is 0 Å². The molecule has 1 aromatic carbocycles. The maximum absolute atomic E-state index is 10.2. The third kappa shape index (κ3) is 3.30. The minimum atomic E-state index is -0.768. The maximum Gasteiger partial charge on any atom is 0.0881 e. The van der Waals surface area contributed by atoms with Gasteiger partial charge >= 0.3 is 0 Å². The monoisotopic (exact) mass is 277 g/mol. The SMILES string of the molecule is CSCC(C)(O)CNc1c(N)cnc2ccccc12. The number of pyridine rings is 1. The van der Waals surface area contributed by atoms with E-state index in [2.05, 4.69) is 10.3 Å². The molecule has 0 amide bonds. The number of nitrogens with zero attached hydrogens (tertiary/aromatic N) is 1.